The Balaban J connectivity index is 1.50. The minimum Gasteiger partial charge on any atom is -0.460 e. The van der Waals surface area contributed by atoms with E-state index in [9.17, 15) is 14.0 Å². The molecule has 0 saturated heterocycles. The van der Waals surface area contributed by atoms with Gasteiger partial charge in [0.25, 0.3) is 0 Å². The summed E-state index contributed by atoms with van der Waals surface area (Å²) in [7, 11) is 0. The van der Waals surface area contributed by atoms with Crippen LogP contribution in [-0.4, -0.2) is 27.3 Å². The molecule has 7 heteroatoms. The van der Waals surface area contributed by atoms with Crippen molar-refractivity contribution in [3.8, 4) is 22.5 Å². The van der Waals surface area contributed by atoms with Gasteiger partial charge in [0.15, 0.2) is 11.6 Å². The maximum atomic E-state index is 14.4. The van der Waals surface area contributed by atoms with E-state index >= 15 is 0 Å². The van der Waals surface area contributed by atoms with Crippen molar-refractivity contribution in [3.63, 3.8) is 0 Å². The molecular formula is C34H37FN2O3S. The monoisotopic (exact) mass is 572 g/mol. The Morgan fingerprint density at radius 3 is 2.12 bits per heavy atom. The van der Waals surface area contributed by atoms with Gasteiger partial charge in [0, 0.05) is 40.4 Å². The largest absolute Gasteiger partial charge is 0.460 e. The number of esters is 1. The third-order valence-electron chi connectivity index (χ3n) is 6.57. The van der Waals surface area contributed by atoms with Crippen molar-refractivity contribution < 1.29 is 18.7 Å². The molecule has 0 unspecified atom stereocenters. The Morgan fingerprint density at radius 1 is 0.902 bits per heavy atom. The number of nitrogens with zero attached hydrogens (tertiary/aromatic N) is 2. The Kier molecular flexibility index (Phi) is 8.88. The molecule has 2 aromatic heterocycles. The maximum absolute atomic E-state index is 14.4. The van der Waals surface area contributed by atoms with Crippen molar-refractivity contribution in [3.05, 3.63) is 93.7 Å². The number of hydrogen-bond donors (Lipinski definition) is 0. The Hall–Kier alpha value is -3.71. The van der Waals surface area contributed by atoms with Gasteiger partial charge in [-0.15, -0.1) is 11.3 Å². The normalized spacial score (nSPS) is 12.7. The minimum absolute atomic E-state index is 0.0452. The van der Waals surface area contributed by atoms with E-state index in [0.717, 1.165) is 21.6 Å². The molecule has 41 heavy (non-hydrogen) atoms. The number of hydrogen-bond acceptors (Lipinski definition) is 6. The zero-order valence-electron chi connectivity index (χ0n) is 24.7. The lowest BCUT2D eigenvalue weighted by molar-refractivity contribution is -0.159. The van der Waals surface area contributed by atoms with E-state index in [2.05, 4.69) is 30.7 Å². The highest BCUT2D eigenvalue weighted by molar-refractivity contribution is 7.14. The SMILES string of the molecule is Cc1ccc(-c2cnc(-c3ccc(C[C@H](CC(=O)c4ccc(C(C)(C)C)s4)C(=O)OC(C)(C)C)cc3)nc2)c(F)c1. The highest BCUT2D eigenvalue weighted by Crippen LogP contribution is 2.31. The molecule has 0 radical (unpaired) electrons. The van der Waals surface area contributed by atoms with Crippen LogP contribution in [0.3, 0.4) is 0 Å². The lowest BCUT2D eigenvalue weighted by Crippen LogP contribution is -2.31. The second-order valence-corrected chi connectivity index (χ2v) is 13.5. The number of aryl methyl sites for hydroxylation is 1. The van der Waals surface area contributed by atoms with Crippen LogP contribution < -0.4 is 0 Å². The van der Waals surface area contributed by atoms with Gasteiger partial charge in [0.2, 0.25) is 0 Å². The fourth-order valence-electron chi connectivity index (χ4n) is 4.38. The van der Waals surface area contributed by atoms with Crippen molar-refractivity contribution in [2.24, 2.45) is 5.92 Å². The number of Topliss-reactive ketones (excluding diaryl/α,β-unsaturated/α-hetero) is 1. The number of halogens is 1. The third kappa shape index (κ3) is 7.94. The fraction of sp³-hybridized carbons (Fsp3) is 0.353. The molecule has 0 aliphatic heterocycles. The molecule has 0 aliphatic rings. The van der Waals surface area contributed by atoms with E-state index in [1.54, 1.807) is 18.5 Å². The van der Waals surface area contributed by atoms with Gasteiger partial charge in [-0.25, -0.2) is 14.4 Å². The van der Waals surface area contributed by atoms with Gasteiger partial charge in [-0.3, -0.25) is 9.59 Å². The van der Waals surface area contributed by atoms with Gasteiger partial charge in [0.05, 0.1) is 10.8 Å². The summed E-state index contributed by atoms with van der Waals surface area (Å²) >= 11 is 1.49. The molecule has 4 rings (SSSR count). The van der Waals surface area contributed by atoms with Gasteiger partial charge in [-0.2, -0.15) is 0 Å². The summed E-state index contributed by atoms with van der Waals surface area (Å²) < 4.78 is 20.1. The van der Waals surface area contributed by atoms with Gasteiger partial charge in [-0.1, -0.05) is 57.2 Å². The average molecular weight is 573 g/mol. The van der Waals surface area contributed by atoms with Crippen molar-refractivity contribution in [2.75, 3.05) is 0 Å². The predicted molar refractivity (Wildman–Crippen MR) is 163 cm³/mol. The molecule has 0 saturated carbocycles. The van der Waals surface area contributed by atoms with Crippen molar-refractivity contribution in [1.29, 1.82) is 0 Å². The van der Waals surface area contributed by atoms with Crippen molar-refractivity contribution >= 4 is 23.1 Å². The Morgan fingerprint density at radius 2 is 1.56 bits per heavy atom. The van der Waals surface area contributed by atoms with E-state index in [-0.39, 0.29) is 29.4 Å². The molecule has 0 amide bonds. The zero-order valence-corrected chi connectivity index (χ0v) is 25.6. The van der Waals surface area contributed by atoms with Crippen molar-refractivity contribution in [2.45, 2.75) is 72.3 Å². The number of ketones is 1. The number of benzene rings is 2. The summed E-state index contributed by atoms with van der Waals surface area (Å²) in [5.74, 6) is -0.856. The number of carbonyl (C=O) groups excluding carboxylic acids is 2. The molecule has 5 nitrogen and oxygen atoms in total. The van der Waals surface area contributed by atoms with Crippen molar-refractivity contribution in [1.82, 2.24) is 9.97 Å². The molecule has 0 N–H and O–H groups in total. The van der Waals surface area contributed by atoms with Crippen LogP contribution in [0.25, 0.3) is 22.5 Å². The number of ether oxygens (including phenoxy) is 1. The van der Waals surface area contributed by atoms with E-state index in [1.165, 1.54) is 17.4 Å². The molecule has 1 atom stereocenters. The number of carbonyl (C=O) groups is 2. The quantitative estimate of drug-likeness (QED) is 0.157. The molecule has 2 aromatic carbocycles. The average Bonchev–Trinajstić information content (AvgIpc) is 3.40. The highest BCUT2D eigenvalue weighted by atomic mass is 32.1. The second kappa shape index (κ2) is 12.0. The molecule has 0 spiro atoms. The summed E-state index contributed by atoms with van der Waals surface area (Å²) in [4.78, 5) is 37.1. The lowest BCUT2D eigenvalue weighted by atomic mass is 9.93. The van der Waals surface area contributed by atoms with Crippen LogP contribution >= 0.6 is 11.3 Å². The van der Waals surface area contributed by atoms with Gasteiger partial charge in [0.1, 0.15) is 11.4 Å². The smallest absolute Gasteiger partial charge is 0.310 e. The summed E-state index contributed by atoms with van der Waals surface area (Å²) in [5.41, 5.74) is 2.90. The van der Waals surface area contributed by atoms with Gasteiger partial charge < -0.3 is 4.74 Å². The first kappa shape index (κ1) is 30.3. The fourth-order valence-corrected chi connectivity index (χ4v) is 5.40. The topological polar surface area (TPSA) is 69.2 Å². The molecule has 0 aliphatic carbocycles. The standard InChI is InChI=1S/C34H37FN2O3S/c1-21-8-13-26(27(35)16-21)25-19-36-31(37-20-25)23-11-9-22(10-12-23)17-24(32(39)40-34(5,6)7)18-28(38)29-14-15-30(41-29)33(2,3)4/h8-16,19-20,24H,17-18H2,1-7H3/t24-/m1/s1. The summed E-state index contributed by atoms with van der Waals surface area (Å²) in [5, 5.41) is 0. The zero-order chi connectivity index (χ0) is 29.9. The predicted octanol–water partition coefficient (Wildman–Crippen LogP) is 8.39. The first-order valence-corrected chi connectivity index (χ1v) is 14.6. The molecule has 0 bridgehead atoms. The molecular weight excluding hydrogens is 535 g/mol. The van der Waals surface area contributed by atoms with Crippen LogP contribution in [0.15, 0.2) is 67.0 Å². The number of aromatic nitrogens is 2. The van der Waals surface area contributed by atoms with Crippen LogP contribution in [-0.2, 0) is 21.4 Å². The summed E-state index contributed by atoms with van der Waals surface area (Å²) in [6.45, 7) is 13.7. The second-order valence-electron chi connectivity index (χ2n) is 12.5. The molecule has 4 aromatic rings. The third-order valence-corrected chi connectivity index (χ3v) is 8.13. The summed E-state index contributed by atoms with van der Waals surface area (Å²) in [6.07, 6.45) is 3.67. The van der Waals surface area contributed by atoms with Crippen LogP contribution in [0.5, 0.6) is 0 Å². The first-order valence-electron chi connectivity index (χ1n) is 13.7. The molecule has 2 heterocycles. The van der Waals surface area contributed by atoms with E-state index in [4.69, 9.17) is 4.74 Å². The van der Waals surface area contributed by atoms with Crippen LogP contribution in [0.4, 0.5) is 4.39 Å². The first-order chi connectivity index (χ1) is 19.2. The van der Waals surface area contributed by atoms with Crippen LogP contribution in [0, 0.1) is 18.7 Å². The Bertz CT molecular complexity index is 1530. The highest BCUT2D eigenvalue weighted by Gasteiger charge is 2.29. The van der Waals surface area contributed by atoms with E-state index in [0.29, 0.717) is 28.2 Å². The molecule has 214 valence electrons. The maximum Gasteiger partial charge on any atom is 0.310 e. The molecule has 0 fully saturated rings. The summed E-state index contributed by atoms with van der Waals surface area (Å²) in [6, 6.07) is 16.5. The van der Waals surface area contributed by atoms with Gasteiger partial charge in [-0.05, 0) is 68.9 Å². The number of thiophene rings is 1. The number of rotatable bonds is 8. The minimum atomic E-state index is -0.657. The van der Waals surface area contributed by atoms with Crippen LogP contribution in [0.1, 0.15) is 73.6 Å². The van der Waals surface area contributed by atoms with Gasteiger partial charge >= 0.3 is 5.97 Å². The van der Waals surface area contributed by atoms with E-state index in [1.807, 2.05) is 70.2 Å². The van der Waals surface area contributed by atoms with Crippen LogP contribution in [0.2, 0.25) is 0 Å². The Labute approximate surface area is 245 Å². The van der Waals surface area contributed by atoms with E-state index < -0.39 is 11.5 Å². The lowest BCUT2D eigenvalue weighted by Gasteiger charge is -2.24.